The van der Waals surface area contributed by atoms with Gasteiger partial charge in [-0.3, -0.25) is 24.1 Å². The SMILES string of the molecule is CC(C)C(C(=O)O)N1C(=O)C2C3CC(C2C1=O)C1C3Sc2[nH]c(=O)sc2[C@@H]1c1cccc(OCC(=O)Nc2ccc(F)cc2)c1. The van der Waals surface area contributed by atoms with Gasteiger partial charge in [0.15, 0.2) is 6.61 Å². The van der Waals surface area contributed by atoms with Gasteiger partial charge in [0, 0.05) is 21.7 Å². The van der Waals surface area contributed by atoms with Crippen molar-refractivity contribution < 1.29 is 33.4 Å². The Labute approximate surface area is 265 Å². The summed E-state index contributed by atoms with van der Waals surface area (Å²) >= 11 is 2.69. The second-order valence-electron chi connectivity index (χ2n) is 12.5. The molecule has 2 saturated carbocycles. The third kappa shape index (κ3) is 4.87. The van der Waals surface area contributed by atoms with Crippen LogP contribution in [0.3, 0.4) is 0 Å². The van der Waals surface area contributed by atoms with Crippen molar-refractivity contribution in [1.82, 2.24) is 9.88 Å². The third-order valence-electron chi connectivity index (χ3n) is 9.64. The number of aromatic amines is 1. The molecule has 2 bridgehead atoms. The van der Waals surface area contributed by atoms with E-state index in [1.54, 1.807) is 31.7 Å². The number of hydrogen-bond donors (Lipinski definition) is 3. The molecule has 234 valence electrons. The number of fused-ring (bicyclic) bond motifs is 9. The fourth-order valence-electron chi connectivity index (χ4n) is 8.06. The molecule has 13 heteroatoms. The molecule has 8 atom stereocenters. The highest BCUT2D eigenvalue weighted by Gasteiger charge is 2.70. The van der Waals surface area contributed by atoms with Crippen molar-refractivity contribution in [3.8, 4) is 5.75 Å². The van der Waals surface area contributed by atoms with Crippen molar-refractivity contribution in [3.63, 3.8) is 0 Å². The van der Waals surface area contributed by atoms with Crippen LogP contribution in [-0.4, -0.2) is 56.6 Å². The number of carboxylic acids is 1. The van der Waals surface area contributed by atoms with Crippen LogP contribution in [0.15, 0.2) is 58.4 Å². The number of carbonyl (C=O) groups is 4. The van der Waals surface area contributed by atoms with Gasteiger partial charge in [0.05, 0.1) is 16.9 Å². The summed E-state index contributed by atoms with van der Waals surface area (Å²) in [6, 6.07) is 11.5. The van der Waals surface area contributed by atoms with Crippen LogP contribution >= 0.6 is 23.1 Å². The van der Waals surface area contributed by atoms with E-state index >= 15 is 0 Å². The first-order chi connectivity index (χ1) is 21.5. The monoisotopic (exact) mass is 651 g/mol. The predicted molar refractivity (Wildman–Crippen MR) is 164 cm³/mol. The predicted octanol–water partition coefficient (Wildman–Crippen LogP) is 4.18. The van der Waals surface area contributed by atoms with Gasteiger partial charge in [-0.15, -0.1) is 11.8 Å². The van der Waals surface area contributed by atoms with Crippen LogP contribution in [0.4, 0.5) is 10.1 Å². The molecule has 0 spiro atoms. The number of thiazole rings is 1. The summed E-state index contributed by atoms with van der Waals surface area (Å²) in [5.74, 6) is -4.61. The number of halogens is 1. The Bertz CT molecular complexity index is 1770. The first-order valence-corrected chi connectivity index (χ1v) is 16.5. The molecule has 2 aliphatic carbocycles. The van der Waals surface area contributed by atoms with E-state index in [-0.39, 0.29) is 40.4 Å². The molecule has 7 rings (SSSR count). The number of rotatable bonds is 8. The maximum absolute atomic E-state index is 13.9. The molecule has 2 aromatic carbocycles. The minimum atomic E-state index is -1.22. The number of H-pyrrole nitrogens is 1. The summed E-state index contributed by atoms with van der Waals surface area (Å²) in [6.07, 6.45) is 0.678. The van der Waals surface area contributed by atoms with Crippen LogP contribution in [0.2, 0.25) is 0 Å². The Balaban J connectivity index is 1.18. The molecule has 3 aromatic rings. The summed E-state index contributed by atoms with van der Waals surface area (Å²) < 4.78 is 19.0. The quantitative estimate of drug-likeness (QED) is 0.308. The van der Waals surface area contributed by atoms with Gasteiger partial charge in [-0.05, 0) is 72.1 Å². The molecule has 45 heavy (non-hydrogen) atoms. The first kappa shape index (κ1) is 29.7. The van der Waals surface area contributed by atoms with Crippen molar-refractivity contribution in [2.24, 2.45) is 35.5 Å². The van der Waals surface area contributed by atoms with Crippen LogP contribution in [0.5, 0.6) is 5.75 Å². The Morgan fingerprint density at radius 3 is 2.49 bits per heavy atom. The summed E-state index contributed by atoms with van der Waals surface area (Å²) in [5, 5.41) is 13.3. The molecule has 1 aromatic heterocycles. The molecule has 10 nitrogen and oxygen atoms in total. The van der Waals surface area contributed by atoms with Gasteiger partial charge in [-0.25, -0.2) is 9.18 Å². The molecule has 3 heterocycles. The molecule has 3 N–H and O–H groups in total. The maximum Gasteiger partial charge on any atom is 0.327 e. The normalized spacial score (nSPS) is 28.5. The van der Waals surface area contributed by atoms with Gasteiger partial charge in [0.2, 0.25) is 11.8 Å². The van der Waals surface area contributed by atoms with E-state index in [0.29, 0.717) is 17.9 Å². The van der Waals surface area contributed by atoms with E-state index in [0.717, 1.165) is 31.7 Å². The van der Waals surface area contributed by atoms with Gasteiger partial charge in [0.1, 0.15) is 17.6 Å². The zero-order valence-corrected chi connectivity index (χ0v) is 25.9. The lowest BCUT2D eigenvalue weighted by Gasteiger charge is -2.43. The van der Waals surface area contributed by atoms with Crippen molar-refractivity contribution in [3.05, 3.63) is 74.5 Å². The first-order valence-electron chi connectivity index (χ1n) is 14.8. The van der Waals surface area contributed by atoms with E-state index in [4.69, 9.17) is 4.74 Å². The number of carboxylic acid groups (broad SMARTS) is 1. The topological polar surface area (TPSA) is 146 Å². The summed E-state index contributed by atoms with van der Waals surface area (Å²) in [4.78, 5) is 69.5. The standard InChI is InChI=1S/C32H30FN3O7S2/c1-13(2)25(31(40)41)36-29(38)23-18-11-19(24(23)30(36)39)26-22(18)21(27-28(44-26)35-32(42)45-27)14-4-3-5-17(10-14)43-12-20(37)34-16-8-6-15(33)7-9-16/h3-10,13,18-19,21-26H,11-12H2,1-2H3,(H,34,37)(H,35,42)(H,40,41)/t18?,19?,21-,22?,23?,24?,25?,26?/m1/s1. The van der Waals surface area contributed by atoms with Crippen LogP contribution in [0, 0.1) is 41.3 Å². The zero-order valence-electron chi connectivity index (χ0n) is 24.3. The number of amides is 3. The lowest BCUT2D eigenvalue weighted by atomic mass is 9.68. The number of nitrogens with zero attached hydrogens (tertiary/aromatic N) is 1. The average Bonchev–Trinajstić information content (AvgIpc) is 3.73. The second-order valence-corrected chi connectivity index (χ2v) is 14.7. The average molecular weight is 652 g/mol. The van der Waals surface area contributed by atoms with Crippen LogP contribution < -0.4 is 14.9 Å². The van der Waals surface area contributed by atoms with Crippen molar-refractivity contribution in [2.45, 2.75) is 42.5 Å². The van der Waals surface area contributed by atoms with Crippen molar-refractivity contribution in [1.29, 1.82) is 0 Å². The molecule has 0 radical (unpaired) electrons. The largest absolute Gasteiger partial charge is 0.484 e. The molecular weight excluding hydrogens is 621 g/mol. The van der Waals surface area contributed by atoms with E-state index in [2.05, 4.69) is 10.3 Å². The Morgan fingerprint density at radius 1 is 1.09 bits per heavy atom. The molecule has 3 fully saturated rings. The van der Waals surface area contributed by atoms with E-state index in [9.17, 15) is 33.5 Å². The molecule has 3 amide bonds. The minimum absolute atomic E-state index is 0.0518. The summed E-state index contributed by atoms with van der Waals surface area (Å²) in [6.45, 7) is 3.12. The maximum atomic E-state index is 13.9. The van der Waals surface area contributed by atoms with Crippen molar-refractivity contribution >= 4 is 52.5 Å². The number of aromatic nitrogens is 1. The van der Waals surface area contributed by atoms with Crippen LogP contribution in [0.1, 0.15) is 36.6 Å². The minimum Gasteiger partial charge on any atom is -0.484 e. The van der Waals surface area contributed by atoms with Gasteiger partial charge >= 0.3 is 10.8 Å². The summed E-state index contributed by atoms with van der Waals surface area (Å²) in [5.41, 5.74) is 1.30. The molecular formula is C32H30FN3O7S2. The number of thioether (sulfide) groups is 1. The zero-order chi connectivity index (χ0) is 31.7. The van der Waals surface area contributed by atoms with Crippen LogP contribution in [-0.2, 0) is 19.2 Å². The van der Waals surface area contributed by atoms with Gasteiger partial charge in [0.25, 0.3) is 5.91 Å². The number of imide groups is 1. The molecule has 4 aliphatic rings. The van der Waals surface area contributed by atoms with E-state index in [1.165, 1.54) is 24.3 Å². The molecule has 2 aliphatic heterocycles. The molecule has 1 saturated heterocycles. The van der Waals surface area contributed by atoms with Gasteiger partial charge in [-0.2, -0.15) is 0 Å². The number of hydrogen-bond acceptors (Lipinski definition) is 8. The van der Waals surface area contributed by atoms with E-state index in [1.807, 2.05) is 18.2 Å². The highest BCUT2D eigenvalue weighted by Crippen LogP contribution is 2.68. The number of aliphatic carboxylic acids is 1. The van der Waals surface area contributed by atoms with E-state index < -0.39 is 53.3 Å². The highest BCUT2D eigenvalue weighted by atomic mass is 32.2. The number of ether oxygens (including phenoxy) is 1. The lowest BCUT2D eigenvalue weighted by Crippen LogP contribution is -2.49. The highest BCUT2D eigenvalue weighted by molar-refractivity contribution is 8.00. The number of anilines is 1. The van der Waals surface area contributed by atoms with Gasteiger partial charge < -0.3 is 20.1 Å². The Hall–Kier alpha value is -3.97. The number of carbonyl (C=O) groups excluding carboxylic acids is 3. The fourth-order valence-corrected chi connectivity index (χ4v) is 10.9. The Kier molecular flexibility index (Phi) is 7.35. The Morgan fingerprint density at radius 2 is 1.80 bits per heavy atom. The smallest absolute Gasteiger partial charge is 0.327 e. The number of nitrogens with one attached hydrogen (secondary N) is 2. The third-order valence-corrected chi connectivity index (χ3v) is 12.2. The van der Waals surface area contributed by atoms with Gasteiger partial charge in [-0.1, -0.05) is 37.3 Å². The molecule has 7 unspecified atom stereocenters. The number of benzene rings is 2. The summed E-state index contributed by atoms with van der Waals surface area (Å²) in [7, 11) is 0. The fraction of sp³-hybridized carbons (Fsp3) is 0.406. The lowest BCUT2D eigenvalue weighted by molar-refractivity contribution is -0.157. The van der Waals surface area contributed by atoms with Crippen molar-refractivity contribution in [2.75, 3.05) is 11.9 Å². The van der Waals surface area contributed by atoms with Crippen LogP contribution in [0.25, 0.3) is 0 Å². The second kappa shape index (κ2) is 11.1. The number of likely N-dealkylation sites (tertiary alicyclic amines) is 1.